The minimum atomic E-state index is -3.08. The van der Waals surface area contributed by atoms with Crippen LogP contribution in [0.15, 0.2) is 0 Å². The molecule has 0 fully saturated rings. The van der Waals surface area contributed by atoms with E-state index in [1.165, 1.54) is 0 Å². The number of rotatable bonds is 9. The Bertz CT molecular complexity index is 690. The van der Waals surface area contributed by atoms with Gasteiger partial charge in [-0.2, -0.15) is 15.0 Å². The molecule has 0 aliphatic carbocycles. The quantitative estimate of drug-likeness (QED) is 0.262. The third-order valence-electron chi connectivity index (χ3n) is 2.58. The molecule has 0 bridgehead atoms. The van der Waals surface area contributed by atoms with Crippen LogP contribution in [-0.2, 0) is 0 Å². The van der Waals surface area contributed by atoms with Crippen molar-refractivity contribution in [2.75, 3.05) is 0 Å². The Morgan fingerprint density at radius 2 is 0.593 bits per heavy atom. The predicted molar refractivity (Wildman–Crippen MR) is 70.0 cm³/mol. The second kappa shape index (κ2) is 7.53. The first-order chi connectivity index (χ1) is 12.4. The lowest BCUT2D eigenvalue weighted by Gasteiger charge is -2.06. The van der Waals surface area contributed by atoms with Crippen LogP contribution in [0.3, 0.4) is 0 Å². The number of hydrogen-bond acceptors (Lipinski definition) is 15. The fourth-order valence-corrected chi connectivity index (χ4v) is 1.57. The van der Waals surface area contributed by atoms with Gasteiger partial charge in [0.1, 0.15) is 29.5 Å². The molecule has 0 radical (unpaired) electrons. The molecular formula is C6H3N9O12. The SMILES string of the molecule is O=[N+]([O-])C(c1nc(C([N+](=O)[O-])[N+](=O)[O-])nc(C([N+](=O)[O-])[N+](=O)[O-])n1)[N+](=O)[O-]. The van der Waals surface area contributed by atoms with Crippen molar-refractivity contribution in [1.82, 2.24) is 15.0 Å². The first kappa shape index (κ1) is 20.5. The highest BCUT2D eigenvalue weighted by Crippen LogP contribution is 2.21. The van der Waals surface area contributed by atoms with Gasteiger partial charge >= 0.3 is 18.5 Å². The fourth-order valence-electron chi connectivity index (χ4n) is 1.57. The molecule has 0 aliphatic rings. The van der Waals surface area contributed by atoms with E-state index in [0.29, 0.717) is 0 Å². The van der Waals surface area contributed by atoms with Crippen LogP contribution in [-0.4, -0.2) is 44.5 Å². The molecule has 0 amide bonds. The highest BCUT2D eigenvalue weighted by atomic mass is 16.7. The fraction of sp³-hybridized carbons (Fsp3) is 0.500. The van der Waals surface area contributed by atoms with Gasteiger partial charge in [-0.25, -0.2) is 0 Å². The summed E-state index contributed by atoms with van der Waals surface area (Å²) in [5.74, 6) is -4.81. The molecule has 1 aromatic rings. The van der Waals surface area contributed by atoms with E-state index in [0.717, 1.165) is 0 Å². The summed E-state index contributed by atoms with van der Waals surface area (Å²) in [6.45, 7) is 0. The monoisotopic (exact) mass is 393 g/mol. The summed E-state index contributed by atoms with van der Waals surface area (Å²) in [5.41, 5.74) is 0. The van der Waals surface area contributed by atoms with Crippen LogP contribution < -0.4 is 0 Å². The Labute approximate surface area is 142 Å². The molecule has 0 saturated carbocycles. The zero-order valence-electron chi connectivity index (χ0n) is 12.2. The summed E-state index contributed by atoms with van der Waals surface area (Å²) in [7, 11) is 0. The average molecular weight is 393 g/mol. The molecule has 0 aliphatic heterocycles. The zero-order chi connectivity index (χ0) is 21.0. The smallest absolute Gasteiger partial charge is 0.258 e. The highest BCUT2D eigenvalue weighted by Gasteiger charge is 2.48. The molecule has 0 saturated heterocycles. The van der Waals surface area contributed by atoms with Crippen molar-refractivity contribution in [3.05, 3.63) is 78.2 Å². The third-order valence-corrected chi connectivity index (χ3v) is 2.58. The molecule has 144 valence electrons. The van der Waals surface area contributed by atoms with E-state index in [1.54, 1.807) is 0 Å². The predicted octanol–water partition coefficient (Wildman–Crippen LogP) is -1.47. The molecular weight excluding hydrogens is 390 g/mol. The first-order valence-electron chi connectivity index (χ1n) is 5.95. The van der Waals surface area contributed by atoms with E-state index >= 15 is 0 Å². The van der Waals surface area contributed by atoms with E-state index in [-0.39, 0.29) is 0 Å². The average Bonchev–Trinajstić information content (AvgIpc) is 2.44. The number of nitro groups is 6. The second-order valence-corrected chi connectivity index (χ2v) is 4.24. The number of aromatic nitrogens is 3. The van der Waals surface area contributed by atoms with Gasteiger partial charge in [-0.05, 0) is 0 Å². The molecule has 0 N–H and O–H groups in total. The highest BCUT2D eigenvalue weighted by molar-refractivity contribution is 5.00. The van der Waals surface area contributed by atoms with Gasteiger partial charge in [0.05, 0.1) is 0 Å². The zero-order valence-corrected chi connectivity index (χ0v) is 12.2. The lowest BCUT2D eigenvalue weighted by Crippen LogP contribution is -2.30. The summed E-state index contributed by atoms with van der Waals surface area (Å²) in [6.07, 6.45) is -9.24. The van der Waals surface area contributed by atoms with Crippen LogP contribution in [0, 0.1) is 60.7 Å². The maximum absolute atomic E-state index is 10.8. The second-order valence-electron chi connectivity index (χ2n) is 4.24. The molecule has 0 unspecified atom stereocenters. The lowest BCUT2D eigenvalue weighted by molar-refractivity contribution is -0.759. The number of hydrogen-bond donors (Lipinski definition) is 0. The van der Waals surface area contributed by atoms with Gasteiger partial charge in [0.2, 0.25) is 0 Å². The minimum absolute atomic E-state index is 1.60. The van der Waals surface area contributed by atoms with Gasteiger partial charge in [0.25, 0.3) is 17.5 Å². The van der Waals surface area contributed by atoms with Crippen LogP contribution in [0.1, 0.15) is 36.0 Å². The van der Waals surface area contributed by atoms with Crippen molar-refractivity contribution in [1.29, 1.82) is 0 Å². The Morgan fingerprint density at radius 1 is 0.444 bits per heavy atom. The van der Waals surface area contributed by atoms with Crippen LogP contribution in [0.4, 0.5) is 0 Å². The standard InChI is InChI=1S/C6H3N9O12/c16-10(17)4(11(18)19)1-7-2(5(12(20)21)13(22)23)9-3(8-1)6(14(24)25)15(26)27/h4-6H. The number of nitrogens with zero attached hydrogens (tertiary/aromatic N) is 9. The van der Waals surface area contributed by atoms with Crippen molar-refractivity contribution in [3.63, 3.8) is 0 Å². The molecule has 1 rings (SSSR count). The Balaban J connectivity index is 3.84. The van der Waals surface area contributed by atoms with Crippen molar-refractivity contribution in [3.8, 4) is 0 Å². The van der Waals surface area contributed by atoms with Crippen molar-refractivity contribution in [2.45, 2.75) is 18.5 Å². The molecule has 1 heterocycles. The topological polar surface area (TPSA) is 298 Å². The van der Waals surface area contributed by atoms with Gasteiger partial charge in [-0.3, -0.25) is 60.7 Å². The van der Waals surface area contributed by atoms with Crippen molar-refractivity contribution in [2.24, 2.45) is 0 Å². The molecule has 27 heavy (non-hydrogen) atoms. The summed E-state index contributed by atoms with van der Waals surface area (Å²) >= 11 is 0. The maximum atomic E-state index is 10.8. The van der Waals surface area contributed by atoms with Crippen molar-refractivity contribution >= 4 is 0 Å². The van der Waals surface area contributed by atoms with E-state index in [4.69, 9.17) is 0 Å². The minimum Gasteiger partial charge on any atom is -0.258 e. The van der Waals surface area contributed by atoms with Crippen LogP contribution in [0.25, 0.3) is 0 Å². The maximum Gasteiger partial charge on any atom is 0.509 e. The van der Waals surface area contributed by atoms with Crippen LogP contribution in [0.2, 0.25) is 0 Å². The van der Waals surface area contributed by atoms with Gasteiger partial charge in [0, 0.05) is 0 Å². The molecule has 1 aromatic heterocycles. The first-order valence-corrected chi connectivity index (χ1v) is 5.95. The molecule has 0 spiro atoms. The lowest BCUT2D eigenvalue weighted by atomic mass is 10.4. The van der Waals surface area contributed by atoms with Gasteiger partial charge in [-0.1, -0.05) is 0 Å². The van der Waals surface area contributed by atoms with Crippen molar-refractivity contribution < 1.29 is 29.5 Å². The van der Waals surface area contributed by atoms with E-state index in [2.05, 4.69) is 15.0 Å². The summed E-state index contributed by atoms with van der Waals surface area (Å²) in [6, 6.07) is 0. The van der Waals surface area contributed by atoms with Crippen LogP contribution in [0.5, 0.6) is 0 Å². The van der Waals surface area contributed by atoms with Crippen LogP contribution >= 0.6 is 0 Å². The van der Waals surface area contributed by atoms with E-state index < -0.39 is 65.5 Å². The Hall–Kier alpha value is -4.59. The summed E-state index contributed by atoms with van der Waals surface area (Å²) in [5, 5.41) is 64.6. The van der Waals surface area contributed by atoms with Gasteiger partial charge in [-0.15, -0.1) is 0 Å². The molecule has 0 aromatic carbocycles. The molecule has 21 heteroatoms. The van der Waals surface area contributed by atoms with Gasteiger partial charge in [0.15, 0.2) is 0 Å². The Morgan fingerprint density at radius 3 is 0.704 bits per heavy atom. The third kappa shape index (κ3) is 4.28. The largest absolute Gasteiger partial charge is 0.509 e. The summed E-state index contributed by atoms with van der Waals surface area (Å²) in [4.78, 5) is 63.4. The van der Waals surface area contributed by atoms with E-state index in [9.17, 15) is 60.7 Å². The molecule has 0 atom stereocenters. The van der Waals surface area contributed by atoms with E-state index in [1.807, 2.05) is 0 Å². The Kier molecular flexibility index (Phi) is 5.71. The van der Waals surface area contributed by atoms with Gasteiger partial charge < -0.3 is 0 Å². The normalized spacial score (nSPS) is 10.8. The summed E-state index contributed by atoms with van der Waals surface area (Å²) < 4.78 is 0. The molecule has 21 nitrogen and oxygen atoms in total.